The fraction of sp³-hybridized carbons (Fsp3) is 0.727. The van der Waals surface area contributed by atoms with Crippen molar-refractivity contribution in [1.82, 2.24) is 4.90 Å². The van der Waals surface area contributed by atoms with Gasteiger partial charge in [-0.05, 0) is 25.7 Å². The Labute approximate surface area is 84.4 Å². The summed E-state index contributed by atoms with van der Waals surface area (Å²) >= 11 is 0. The molecule has 2 aliphatic heterocycles. The summed E-state index contributed by atoms with van der Waals surface area (Å²) in [6.45, 7) is 0. The maximum atomic E-state index is 11.5. The summed E-state index contributed by atoms with van der Waals surface area (Å²) in [5.41, 5.74) is 0. The third kappa shape index (κ3) is 1.35. The molecule has 76 valence electrons. The summed E-state index contributed by atoms with van der Waals surface area (Å²) in [5.74, 6) is 3.16. The zero-order chi connectivity index (χ0) is 10.1. The second-order valence-corrected chi connectivity index (χ2v) is 4.10. The lowest BCUT2D eigenvalue weighted by Gasteiger charge is -2.36. The number of terminal acetylenes is 1. The lowest BCUT2D eigenvalue weighted by molar-refractivity contribution is 0.0786. The van der Waals surface area contributed by atoms with Gasteiger partial charge in [0.25, 0.3) is 0 Å². The van der Waals surface area contributed by atoms with E-state index in [1.54, 1.807) is 0 Å². The second-order valence-electron chi connectivity index (χ2n) is 4.10. The van der Waals surface area contributed by atoms with Gasteiger partial charge in [-0.25, -0.2) is 4.79 Å². The van der Waals surface area contributed by atoms with Gasteiger partial charge in [0, 0.05) is 18.0 Å². The number of fused-ring (bicyclic) bond motifs is 2. The SMILES string of the molecule is C#CC1C[C@H]2CC[C@@H](C1)N2C(=O)OC. The van der Waals surface area contributed by atoms with Crippen LogP contribution < -0.4 is 0 Å². The first-order chi connectivity index (χ1) is 6.76. The fourth-order valence-corrected chi connectivity index (χ4v) is 2.72. The zero-order valence-corrected chi connectivity index (χ0v) is 8.40. The Kier molecular flexibility index (Phi) is 2.37. The van der Waals surface area contributed by atoms with Crippen LogP contribution in [-0.4, -0.2) is 30.2 Å². The molecule has 2 rings (SSSR count). The molecule has 2 heterocycles. The fourth-order valence-electron chi connectivity index (χ4n) is 2.72. The topological polar surface area (TPSA) is 29.5 Å². The van der Waals surface area contributed by atoms with Crippen LogP contribution in [0.3, 0.4) is 0 Å². The Morgan fingerprint density at radius 1 is 1.43 bits per heavy atom. The van der Waals surface area contributed by atoms with Crippen LogP contribution in [0.25, 0.3) is 0 Å². The summed E-state index contributed by atoms with van der Waals surface area (Å²) < 4.78 is 4.77. The maximum absolute atomic E-state index is 11.5. The van der Waals surface area contributed by atoms with Crippen molar-refractivity contribution >= 4 is 6.09 Å². The molecule has 1 amide bonds. The molecule has 3 heteroatoms. The molecule has 2 aliphatic rings. The van der Waals surface area contributed by atoms with Crippen molar-refractivity contribution in [2.24, 2.45) is 5.92 Å². The minimum absolute atomic E-state index is 0.187. The molecule has 2 bridgehead atoms. The average Bonchev–Trinajstić information content (AvgIpc) is 2.48. The Balaban J connectivity index is 2.11. The lowest BCUT2D eigenvalue weighted by atomic mass is 9.92. The Morgan fingerprint density at radius 2 is 2.00 bits per heavy atom. The van der Waals surface area contributed by atoms with Gasteiger partial charge in [-0.2, -0.15) is 0 Å². The second kappa shape index (κ2) is 3.53. The summed E-state index contributed by atoms with van der Waals surface area (Å²) in [6, 6.07) is 0.643. The highest BCUT2D eigenvalue weighted by atomic mass is 16.5. The molecule has 3 nitrogen and oxygen atoms in total. The molecule has 1 unspecified atom stereocenters. The summed E-state index contributed by atoms with van der Waals surface area (Å²) in [5, 5.41) is 0. The maximum Gasteiger partial charge on any atom is 0.409 e. The van der Waals surface area contributed by atoms with E-state index in [0.29, 0.717) is 18.0 Å². The molecule has 0 radical (unpaired) electrons. The first-order valence-corrected chi connectivity index (χ1v) is 5.08. The summed E-state index contributed by atoms with van der Waals surface area (Å²) in [7, 11) is 1.44. The Bertz CT molecular complexity index is 268. The van der Waals surface area contributed by atoms with Gasteiger partial charge in [-0.3, -0.25) is 0 Å². The van der Waals surface area contributed by atoms with Crippen molar-refractivity contribution in [2.75, 3.05) is 7.11 Å². The van der Waals surface area contributed by atoms with E-state index >= 15 is 0 Å². The van der Waals surface area contributed by atoms with Gasteiger partial charge in [-0.15, -0.1) is 12.3 Å². The number of hydrogen-bond acceptors (Lipinski definition) is 2. The van der Waals surface area contributed by atoms with Crippen molar-refractivity contribution in [3.05, 3.63) is 0 Å². The molecular formula is C11H15NO2. The highest BCUT2D eigenvalue weighted by molar-refractivity contribution is 5.69. The third-order valence-electron chi connectivity index (χ3n) is 3.35. The molecule has 14 heavy (non-hydrogen) atoms. The molecular weight excluding hydrogens is 178 g/mol. The summed E-state index contributed by atoms with van der Waals surface area (Å²) in [4.78, 5) is 13.4. The third-order valence-corrected chi connectivity index (χ3v) is 3.35. The minimum atomic E-state index is -0.187. The predicted octanol–water partition coefficient (Wildman–Crippen LogP) is 1.63. The molecule has 0 aromatic rings. The van der Waals surface area contributed by atoms with Crippen molar-refractivity contribution < 1.29 is 9.53 Å². The van der Waals surface area contributed by atoms with Gasteiger partial charge in [0.2, 0.25) is 0 Å². The van der Waals surface area contributed by atoms with E-state index in [1.165, 1.54) is 7.11 Å². The van der Waals surface area contributed by atoms with Crippen LogP contribution in [0.4, 0.5) is 4.79 Å². The van der Waals surface area contributed by atoms with Crippen LogP contribution >= 0.6 is 0 Å². The number of piperidine rings is 1. The summed E-state index contributed by atoms with van der Waals surface area (Å²) in [6.07, 6.45) is 9.29. The van der Waals surface area contributed by atoms with Crippen molar-refractivity contribution in [3.8, 4) is 12.3 Å². The lowest BCUT2D eigenvalue weighted by Crippen LogP contribution is -2.46. The predicted molar refractivity (Wildman–Crippen MR) is 52.6 cm³/mol. The first kappa shape index (κ1) is 9.39. The number of amides is 1. The molecule has 2 fully saturated rings. The average molecular weight is 193 g/mol. The van der Waals surface area contributed by atoms with Crippen molar-refractivity contribution in [1.29, 1.82) is 0 Å². The molecule has 0 aromatic heterocycles. The van der Waals surface area contributed by atoms with Crippen LogP contribution in [0.1, 0.15) is 25.7 Å². The molecule has 0 aliphatic carbocycles. The van der Waals surface area contributed by atoms with Gasteiger partial charge < -0.3 is 9.64 Å². The largest absolute Gasteiger partial charge is 0.453 e. The molecule has 0 spiro atoms. The van der Waals surface area contributed by atoms with Gasteiger partial charge in [0.1, 0.15) is 0 Å². The first-order valence-electron chi connectivity index (χ1n) is 5.08. The number of hydrogen-bond donors (Lipinski definition) is 0. The minimum Gasteiger partial charge on any atom is -0.453 e. The molecule has 3 atom stereocenters. The molecule has 0 aromatic carbocycles. The number of carbonyl (C=O) groups is 1. The standard InChI is InChI=1S/C11H15NO2/c1-3-8-6-9-4-5-10(7-8)12(9)11(13)14-2/h1,8-10H,4-7H2,2H3/t8?,9-,10+. The van der Waals surface area contributed by atoms with E-state index < -0.39 is 0 Å². The van der Waals surface area contributed by atoms with Gasteiger partial charge in [0.15, 0.2) is 0 Å². The molecule has 0 N–H and O–H groups in total. The van der Waals surface area contributed by atoms with Crippen LogP contribution in [0, 0.1) is 18.3 Å². The van der Waals surface area contributed by atoms with Crippen LogP contribution in [0.2, 0.25) is 0 Å². The van der Waals surface area contributed by atoms with E-state index in [2.05, 4.69) is 5.92 Å². The number of ether oxygens (including phenoxy) is 1. The van der Waals surface area contributed by atoms with E-state index in [9.17, 15) is 4.79 Å². The van der Waals surface area contributed by atoms with E-state index in [1.807, 2.05) is 4.90 Å². The zero-order valence-electron chi connectivity index (χ0n) is 8.40. The number of nitrogens with zero attached hydrogens (tertiary/aromatic N) is 1. The Morgan fingerprint density at radius 3 is 2.43 bits per heavy atom. The van der Waals surface area contributed by atoms with E-state index in [0.717, 1.165) is 25.7 Å². The van der Waals surface area contributed by atoms with Crippen molar-refractivity contribution in [3.63, 3.8) is 0 Å². The van der Waals surface area contributed by atoms with Crippen LogP contribution in [-0.2, 0) is 4.74 Å². The van der Waals surface area contributed by atoms with Crippen LogP contribution in [0.15, 0.2) is 0 Å². The van der Waals surface area contributed by atoms with E-state index in [-0.39, 0.29) is 6.09 Å². The van der Waals surface area contributed by atoms with Crippen LogP contribution in [0.5, 0.6) is 0 Å². The highest BCUT2D eigenvalue weighted by Crippen LogP contribution is 2.38. The number of carbonyl (C=O) groups excluding carboxylic acids is 1. The van der Waals surface area contributed by atoms with Gasteiger partial charge in [0.05, 0.1) is 7.11 Å². The van der Waals surface area contributed by atoms with Crippen molar-refractivity contribution in [2.45, 2.75) is 37.8 Å². The smallest absolute Gasteiger partial charge is 0.409 e. The van der Waals surface area contributed by atoms with E-state index in [4.69, 9.17) is 11.2 Å². The number of methoxy groups -OCH3 is 1. The normalized spacial score (nSPS) is 35.1. The highest BCUT2D eigenvalue weighted by Gasteiger charge is 2.43. The van der Waals surface area contributed by atoms with Gasteiger partial charge in [-0.1, -0.05) is 0 Å². The quantitative estimate of drug-likeness (QED) is 0.547. The molecule has 2 saturated heterocycles. The Hall–Kier alpha value is -1.17. The number of rotatable bonds is 0. The monoisotopic (exact) mass is 193 g/mol. The molecule has 0 saturated carbocycles. The van der Waals surface area contributed by atoms with Gasteiger partial charge >= 0.3 is 6.09 Å².